The zero-order valence-corrected chi connectivity index (χ0v) is 15.1. The van der Waals surface area contributed by atoms with Gasteiger partial charge in [-0.1, -0.05) is 50.3 Å². The highest BCUT2D eigenvalue weighted by molar-refractivity contribution is 5.77. The molecule has 0 bridgehead atoms. The van der Waals surface area contributed by atoms with Gasteiger partial charge < -0.3 is 4.74 Å². The average molecular weight is 316 g/mol. The summed E-state index contributed by atoms with van der Waals surface area (Å²) in [7, 11) is 1.52. The first kappa shape index (κ1) is 18.0. The van der Waals surface area contributed by atoms with Gasteiger partial charge in [-0.15, -0.1) is 0 Å². The minimum atomic E-state index is -0.351. The van der Waals surface area contributed by atoms with Crippen LogP contribution in [-0.4, -0.2) is 13.1 Å². The van der Waals surface area contributed by atoms with Crippen LogP contribution in [0.2, 0.25) is 0 Å². The summed E-state index contributed by atoms with van der Waals surface area (Å²) in [5, 5.41) is 0. The highest BCUT2D eigenvalue weighted by Crippen LogP contribution is 2.62. The van der Waals surface area contributed by atoms with Crippen molar-refractivity contribution < 1.29 is 9.53 Å². The molecule has 2 heteroatoms. The van der Waals surface area contributed by atoms with E-state index >= 15 is 0 Å². The van der Waals surface area contributed by atoms with Crippen molar-refractivity contribution in [2.24, 2.45) is 22.7 Å². The summed E-state index contributed by atoms with van der Waals surface area (Å²) in [4.78, 5) is 12.5. The second-order valence-corrected chi connectivity index (χ2v) is 7.97. The fourth-order valence-electron chi connectivity index (χ4n) is 5.39. The summed E-state index contributed by atoms with van der Waals surface area (Å²) in [6, 6.07) is 0. The molecule has 0 amide bonds. The van der Waals surface area contributed by atoms with Crippen molar-refractivity contribution in [2.45, 2.75) is 58.8 Å². The van der Waals surface area contributed by atoms with Gasteiger partial charge in [0.2, 0.25) is 0 Å². The lowest BCUT2D eigenvalue weighted by Gasteiger charge is -2.57. The van der Waals surface area contributed by atoms with Crippen LogP contribution in [0.4, 0.5) is 0 Å². The van der Waals surface area contributed by atoms with Crippen LogP contribution in [0.5, 0.6) is 0 Å². The van der Waals surface area contributed by atoms with Crippen molar-refractivity contribution in [3.63, 3.8) is 0 Å². The van der Waals surface area contributed by atoms with E-state index in [4.69, 9.17) is 4.74 Å². The molecule has 23 heavy (non-hydrogen) atoms. The molecule has 0 N–H and O–H groups in total. The van der Waals surface area contributed by atoms with Gasteiger partial charge >= 0.3 is 5.97 Å². The van der Waals surface area contributed by atoms with Crippen LogP contribution in [-0.2, 0) is 9.53 Å². The van der Waals surface area contributed by atoms with Crippen molar-refractivity contribution in [3.05, 3.63) is 37.0 Å². The number of hydrogen-bond acceptors (Lipinski definition) is 2. The largest absolute Gasteiger partial charge is 0.469 e. The molecule has 4 unspecified atom stereocenters. The smallest absolute Gasteiger partial charge is 0.311 e. The molecule has 2 aliphatic rings. The van der Waals surface area contributed by atoms with Crippen LogP contribution in [0.1, 0.15) is 58.8 Å². The molecule has 0 aromatic heterocycles. The fourth-order valence-corrected chi connectivity index (χ4v) is 5.39. The number of allylic oxidation sites excluding steroid dienone is 3. The lowest BCUT2D eigenvalue weighted by molar-refractivity contribution is -0.168. The zero-order chi connectivity index (χ0) is 17.3. The second kappa shape index (κ2) is 6.67. The zero-order valence-electron chi connectivity index (χ0n) is 15.1. The predicted molar refractivity (Wildman–Crippen MR) is 96.0 cm³/mol. The predicted octanol–water partition coefficient (Wildman–Crippen LogP) is 5.46. The van der Waals surface area contributed by atoms with Gasteiger partial charge in [-0.3, -0.25) is 4.79 Å². The number of ether oxygens (including phenoxy) is 1. The Morgan fingerprint density at radius 2 is 2.09 bits per heavy atom. The Hall–Kier alpha value is -1.31. The minimum absolute atomic E-state index is 0.0322. The molecule has 2 nitrogen and oxygen atoms in total. The molecule has 4 atom stereocenters. The van der Waals surface area contributed by atoms with E-state index in [1.165, 1.54) is 19.1 Å². The summed E-state index contributed by atoms with van der Waals surface area (Å²) in [5.41, 5.74) is 2.23. The van der Waals surface area contributed by atoms with Crippen molar-refractivity contribution in [1.82, 2.24) is 0 Å². The third kappa shape index (κ3) is 3.05. The second-order valence-electron chi connectivity index (χ2n) is 7.97. The molecule has 0 aromatic carbocycles. The van der Waals surface area contributed by atoms with E-state index in [1.807, 2.05) is 6.08 Å². The molecule has 0 heterocycles. The number of fused-ring (bicyclic) bond motifs is 1. The van der Waals surface area contributed by atoms with E-state index in [2.05, 4.69) is 33.6 Å². The maximum Gasteiger partial charge on any atom is 0.311 e. The topological polar surface area (TPSA) is 26.3 Å². The number of methoxy groups -OCH3 is 1. The maximum atomic E-state index is 12.5. The van der Waals surface area contributed by atoms with Crippen molar-refractivity contribution in [2.75, 3.05) is 7.11 Å². The Morgan fingerprint density at radius 1 is 1.39 bits per heavy atom. The van der Waals surface area contributed by atoms with Crippen LogP contribution >= 0.6 is 0 Å². The SMILES string of the molecule is C=CC(=C)CCC1C(=C)CCC2C(C)(C(=O)OC)CCCC12C. The number of hydrogen-bond donors (Lipinski definition) is 0. The number of rotatable bonds is 5. The third-order valence-electron chi connectivity index (χ3n) is 6.71. The van der Waals surface area contributed by atoms with E-state index in [9.17, 15) is 4.79 Å². The molecule has 2 rings (SSSR count). The lowest BCUT2D eigenvalue weighted by atomic mass is 9.46. The molecule has 0 saturated heterocycles. The van der Waals surface area contributed by atoms with Crippen molar-refractivity contribution >= 4 is 5.97 Å². The fraction of sp³-hybridized carbons (Fsp3) is 0.667. The molecule has 0 aliphatic heterocycles. The van der Waals surface area contributed by atoms with Gasteiger partial charge in [0, 0.05) is 0 Å². The molecule has 128 valence electrons. The summed E-state index contributed by atoms with van der Waals surface area (Å²) >= 11 is 0. The monoisotopic (exact) mass is 316 g/mol. The molecule has 2 fully saturated rings. The Morgan fingerprint density at radius 3 is 2.70 bits per heavy atom. The van der Waals surface area contributed by atoms with Crippen molar-refractivity contribution in [3.8, 4) is 0 Å². The molecular formula is C21H32O2. The highest BCUT2D eigenvalue weighted by atomic mass is 16.5. The maximum absolute atomic E-state index is 12.5. The van der Waals surface area contributed by atoms with E-state index in [0.717, 1.165) is 44.1 Å². The van der Waals surface area contributed by atoms with Gasteiger partial charge in [0.25, 0.3) is 0 Å². The molecular weight excluding hydrogens is 284 g/mol. The van der Waals surface area contributed by atoms with Gasteiger partial charge in [0.15, 0.2) is 0 Å². The van der Waals surface area contributed by atoms with Crippen LogP contribution < -0.4 is 0 Å². The van der Waals surface area contributed by atoms with E-state index in [1.54, 1.807) is 0 Å². The first-order valence-corrected chi connectivity index (χ1v) is 8.86. The summed E-state index contributed by atoms with van der Waals surface area (Å²) in [5.74, 6) is 0.807. The van der Waals surface area contributed by atoms with E-state index in [0.29, 0.717) is 11.8 Å². The number of esters is 1. The normalized spacial score (nSPS) is 36.9. The molecule has 0 spiro atoms. The van der Waals surface area contributed by atoms with Crippen LogP contribution in [0.15, 0.2) is 37.0 Å². The van der Waals surface area contributed by atoms with E-state index < -0.39 is 0 Å². The Bertz CT molecular complexity index is 518. The number of carbonyl (C=O) groups is 1. The van der Waals surface area contributed by atoms with Gasteiger partial charge in [0.1, 0.15) is 0 Å². The highest BCUT2D eigenvalue weighted by Gasteiger charge is 2.57. The van der Waals surface area contributed by atoms with E-state index in [-0.39, 0.29) is 16.8 Å². The third-order valence-corrected chi connectivity index (χ3v) is 6.71. The Balaban J connectivity index is 2.31. The van der Waals surface area contributed by atoms with Gasteiger partial charge in [-0.05, 0) is 62.7 Å². The standard InChI is InChI=1S/C21H32O2/c1-7-15(2)9-11-17-16(3)10-12-18-20(17,4)13-8-14-21(18,5)19(22)23-6/h7,17-18H,1-3,8-14H2,4-6H3. The average Bonchev–Trinajstić information content (AvgIpc) is 2.52. The van der Waals surface area contributed by atoms with Gasteiger partial charge in [0.05, 0.1) is 12.5 Å². The van der Waals surface area contributed by atoms with Crippen LogP contribution in [0.25, 0.3) is 0 Å². The summed E-state index contributed by atoms with van der Waals surface area (Å²) in [6.07, 6.45) is 9.17. The molecule has 0 radical (unpaired) electrons. The lowest BCUT2D eigenvalue weighted by Crippen LogP contribution is -2.53. The first-order chi connectivity index (χ1) is 10.8. The summed E-state index contributed by atoms with van der Waals surface area (Å²) < 4.78 is 5.18. The minimum Gasteiger partial charge on any atom is -0.469 e. The van der Waals surface area contributed by atoms with Crippen LogP contribution in [0, 0.1) is 22.7 Å². The molecule has 2 saturated carbocycles. The number of carbonyl (C=O) groups excluding carboxylic acids is 1. The van der Waals surface area contributed by atoms with Gasteiger partial charge in [-0.25, -0.2) is 0 Å². The first-order valence-electron chi connectivity index (χ1n) is 8.86. The van der Waals surface area contributed by atoms with Gasteiger partial charge in [-0.2, -0.15) is 0 Å². The Kier molecular flexibility index (Phi) is 5.23. The Labute approximate surface area is 141 Å². The quantitative estimate of drug-likeness (QED) is 0.382. The van der Waals surface area contributed by atoms with Crippen LogP contribution in [0.3, 0.4) is 0 Å². The molecule has 2 aliphatic carbocycles. The van der Waals surface area contributed by atoms with Crippen molar-refractivity contribution in [1.29, 1.82) is 0 Å². The summed E-state index contributed by atoms with van der Waals surface area (Å²) in [6.45, 7) is 16.7. The molecule has 0 aromatic rings.